The van der Waals surface area contributed by atoms with Gasteiger partial charge in [0.15, 0.2) is 11.6 Å². The molecule has 0 fully saturated rings. The molecule has 0 radical (unpaired) electrons. The van der Waals surface area contributed by atoms with Gasteiger partial charge in [0.05, 0.1) is 143 Å². The van der Waals surface area contributed by atoms with Gasteiger partial charge in [0.2, 0.25) is 0 Å². The van der Waals surface area contributed by atoms with Crippen LogP contribution in [0, 0.1) is 13.8 Å². The van der Waals surface area contributed by atoms with Crippen molar-refractivity contribution >= 4 is 70.0 Å². The predicted molar refractivity (Wildman–Crippen MR) is 402 cm³/mol. The highest BCUT2D eigenvalue weighted by atomic mass is 35.5. The number of carbonyl (C=O) groups excluding carboxylic acids is 4. The van der Waals surface area contributed by atoms with Gasteiger partial charge in [-0.25, -0.2) is 19.9 Å². The van der Waals surface area contributed by atoms with Gasteiger partial charge in [-0.15, -0.1) is 20.4 Å². The summed E-state index contributed by atoms with van der Waals surface area (Å²) in [6.07, 6.45) is -7.51. The zero-order chi connectivity index (χ0) is 86.4. The van der Waals surface area contributed by atoms with Crippen LogP contribution in [0.5, 0.6) is 0 Å². The number of methoxy groups -OCH3 is 1. The first-order valence-electron chi connectivity index (χ1n) is 36.3. The van der Waals surface area contributed by atoms with Crippen molar-refractivity contribution in [3.63, 3.8) is 0 Å². The zero-order valence-corrected chi connectivity index (χ0v) is 66.7. The van der Waals surface area contributed by atoms with Crippen LogP contribution in [0.4, 0.5) is 52.7 Å². The molecule has 4 aliphatic rings. The highest BCUT2D eigenvalue weighted by Gasteiger charge is 2.44. The number of fused-ring (bicyclic) bond motifs is 4. The molecule has 0 aliphatic carbocycles. The first-order valence-corrected chi connectivity index (χ1v) is 37.8. The summed E-state index contributed by atoms with van der Waals surface area (Å²) in [5.74, 6) is -0.895. The number of rotatable bonds is 11. The Labute approximate surface area is 691 Å². The number of hydrogen-bond acceptors (Lipinski definition) is 20. The van der Waals surface area contributed by atoms with E-state index in [4.69, 9.17) is 55.6 Å². The number of alkyl halides is 12. The topological polar surface area (TPSA) is 309 Å². The lowest BCUT2D eigenvalue weighted by molar-refractivity contribution is -0.138. The average molecular weight is 1750 g/mol. The van der Waals surface area contributed by atoms with Gasteiger partial charge in [-0.3, -0.25) is 28.8 Å². The number of nitrogens with zero attached hydrogens (tertiary/aromatic N) is 23. The van der Waals surface area contributed by atoms with Crippen LogP contribution in [0.1, 0.15) is 172 Å². The van der Waals surface area contributed by atoms with Crippen LogP contribution in [-0.4, -0.2) is 178 Å². The summed E-state index contributed by atoms with van der Waals surface area (Å²) in [6, 6.07) is 15.1. The molecule has 120 heavy (non-hydrogen) atoms. The summed E-state index contributed by atoms with van der Waals surface area (Å²) < 4.78 is 176. The smallest absolute Gasteiger partial charge is 0.417 e. The van der Waals surface area contributed by atoms with Gasteiger partial charge in [-0.05, 0) is 96.1 Å². The van der Waals surface area contributed by atoms with Gasteiger partial charge in [-0.2, -0.15) is 76.5 Å². The molecule has 0 saturated heterocycles. The Kier molecular flexibility index (Phi) is 24.7. The normalized spacial score (nSPS) is 16.5. The van der Waals surface area contributed by atoms with Crippen LogP contribution < -0.4 is 0 Å². The second-order valence-electron chi connectivity index (χ2n) is 27.5. The van der Waals surface area contributed by atoms with E-state index in [1.54, 1.807) is 85.8 Å². The molecule has 0 N–H and O–H groups in total. The summed E-state index contributed by atoms with van der Waals surface area (Å²) in [6.45, 7) is 12.8. The molecule has 628 valence electrons. The van der Waals surface area contributed by atoms with Gasteiger partial charge < -0.3 is 28.8 Å². The lowest BCUT2D eigenvalue weighted by Crippen LogP contribution is -2.39. The number of aryl methyl sites for hydroxylation is 2. The standard InChI is InChI=1S/C20H20ClF3N6O2.2C19H16ClF3N6O.C17H13ClF3N5O2/c1-12-18-15(30(27-25-18)16-7-8-28(26-16)10-11-32-2)6-9-29(12)19(31)13-4-3-5-14(17(13)21)20(22,23)24;1-10-6-8-24-18(25-10)29-14-7-9-28(11(2)16(14)26-27-29)17(30)12-4-3-5-13(15(12)20)19(21,22)23;1-10-8-24-9-15(25-10)29-14-6-7-28(11(2)17(14)26-27-29)18(30)12-4-3-5-13(16(12)20)19(21,22)23;1-9-14-12(26(24-23-14)16-22-6-8-28-16)5-7-25(9)15(27)10-3-2-4-11(13(10)18)17(19,20)21/h3-5,7-8,12H,6,9-11H2,1-2H3;3-6,8,11H,7,9H2,1-2H3;3-5,8-9,11H,6-7H2,1-2H3;2-4,6,8-9H,5,7H2,1H3/t12-;;;/m0.../s1. The highest BCUT2D eigenvalue weighted by molar-refractivity contribution is 6.36. The number of aromatic nitrogens is 19. The first-order chi connectivity index (χ1) is 56.9. The van der Waals surface area contributed by atoms with Gasteiger partial charge in [0, 0.05) is 89.3 Å². The molecule has 16 rings (SSSR count). The van der Waals surface area contributed by atoms with E-state index in [0.717, 1.165) is 58.4 Å². The van der Waals surface area contributed by atoms with Gasteiger partial charge in [-0.1, -0.05) is 91.5 Å². The second-order valence-corrected chi connectivity index (χ2v) is 29.0. The van der Waals surface area contributed by atoms with E-state index in [9.17, 15) is 71.9 Å². The Balaban J connectivity index is 0.000000138. The molecule has 4 aliphatic heterocycles. The molecule has 12 heterocycles. The van der Waals surface area contributed by atoms with Crippen LogP contribution in [0.25, 0.3) is 23.6 Å². The van der Waals surface area contributed by atoms with E-state index in [1.807, 2.05) is 13.8 Å². The number of oxazole rings is 1. The Bertz CT molecular complexity index is 5650. The van der Waals surface area contributed by atoms with Gasteiger partial charge in [0.25, 0.3) is 29.6 Å². The lowest BCUT2D eigenvalue weighted by Gasteiger charge is -2.33. The fourth-order valence-corrected chi connectivity index (χ4v) is 15.3. The maximum absolute atomic E-state index is 13.2. The molecule has 29 nitrogen and oxygen atoms in total. The van der Waals surface area contributed by atoms with Gasteiger partial charge >= 0.3 is 30.7 Å². The molecule has 4 amide bonds. The van der Waals surface area contributed by atoms with E-state index in [2.05, 4.69) is 71.3 Å². The third kappa shape index (κ3) is 17.4. The number of ether oxygens (including phenoxy) is 1. The third-order valence-electron chi connectivity index (χ3n) is 20.1. The Morgan fingerprint density at radius 3 is 1.18 bits per heavy atom. The van der Waals surface area contributed by atoms with Crippen LogP contribution in [0.2, 0.25) is 20.1 Å². The Morgan fingerprint density at radius 1 is 0.450 bits per heavy atom. The van der Waals surface area contributed by atoms with Crippen LogP contribution in [0.3, 0.4) is 0 Å². The molecule has 4 atom stereocenters. The minimum atomic E-state index is -4.65. The summed E-state index contributed by atoms with van der Waals surface area (Å²) in [7, 11) is 1.61. The van der Waals surface area contributed by atoms with E-state index < -0.39 is 115 Å². The Hall–Kier alpha value is -11.8. The van der Waals surface area contributed by atoms with Crippen molar-refractivity contribution in [3.8, 4) is 23.6 Å². The summed E-state index contributed by atoms with van der Waals surface area (Å²) in [4.78, 5) is 79.0. The number of carbonyl (C=O) groups is 4. The number of halogens is 16. The zero-order valence-electron chi connectivity index (χ0n) is 63.7. The average Bonchev–Trinajstić information content (AvgIpc) is 1.55. The molecular weight excluding hydrogens is 1690 g/mol. The summed E-state index contributed by atoms with van der Waals surface area (Å²) in [5, 5.41) is 35.2. The summed E-state index contributed by atoms with van der Waals surface area (Å²) >= 11 is 23.7. The largest absolute Gasteiger partial charge is 0.431 e. The molecular formula is C75H65Cl4F12N23O6. The third-order valence-corrected chi connectivity index (χ3v) is 21.7. The molecule has 45 heteroatoms. The summed E-state index contributed by atoms with van der Waals surface area (Å²) in [5.41, 5.74) is 1.81. The van der Waals surface area contributed by atoms with Crippen molar-refractivity contribution in [2.75, 3.05) is 39.9 Å². The number of benzene rings is 4. The number of hydrogen-bond donors (Lipinski definition) is 0. The van der Waals surface area contributed by atoms with Crippen molar-refractivity contribution in [1.82, 2.24) is 114 Å². The van der Waals surface area contributed by atoms with E-state index in [-0.39, 0.29) is 54.4 Å². The molecule has 3 unspecified atom stereocenters. The number of amides is 4. The lowest BCUT2D eigenvalue weighted by atomic mass is 10.0. The van der Waals surface area contributed by atoms with Crippen molar-refractivity contribution < 1.29 is 81.0 Å². The second kappa shape index (κ2) is 34.5. The van der Waals surface area contributed by atoms with E-state index in [1.165, 1.54) is 90.0 Å². The van der Waals surface area contributed by atoms with E-state index >= 15 is 0 Å². The minimum absolute atomic E-state index is 0.193. The van der Waals surface area contributed by atoms with Crippen LogP contribution in [0.15, 0.2) is 127 Å². The van der Waals surface area contributed by atoms with Crippen molar-refractivity contribution in [2.45, 2.75) is 123 Å². The van der Waals surface area contributed by atoms with Crippen LogP contribution in [-0.2, 0) is 61.7 Å². The quantitative estimate of drug-likeness (QED) is 0.109. The van der Waals surface area contributed by atoms with E-state index in [0.29, 0.717) is 79.2 Å². The predicted octanol–water partition coefficient (Wildman–Crippen LogP) is 14.8. The van der Waals surface area contributed by atoms with Crippen LogP contribution >= 0.6 is 46.4 Å². The molecule has 0 bridgehead atoms. The Morgan fingerprint density at radius 2 is 0.817 bits per heavy atom. The fraction of sp³-hybridized carbons (Fsp3) is 0.333. The maximum Gasteiger partial charge on any atom is 0.417 e. The van der Waals surface area contributed by atoms with Crippen molar-refractivity contribution in [2.24, 2.45) is 0 Å². The molecule has 0 spiro atoms. The molecule has 8 aromatic heterocycles. The fourth-order valence-electron chi connectivity index (χ4n) is 14.0. The maximum atomic E-state index is 13.2. The van der Waals surface area contributed by atoms with Gasteiger partial charge in [0.1, 0.15) is 29.0 Å². The molecule has 4 aromatic carbocycles. The van der Waals surface area contributed by atoms with Crippen molar-refractivity contribution in [3.05, 3.63) is 244 Å². The van der Waals surface area contributed by atoms with Crippen molar-refractivity contribution in [1.29, 1.82) is 0 Å². The SMILES string of the molecule is CC1c2nnn(-c3ncco3)c2CCN1C(=O)c1cccc(C(F)(F)F)c1Cl.COCCn1ccc(-n2nnc3c2CCN(C(=O)c2cccc(C(F)(F)F)c2Cl)[C@H]3C)n1.Cc1ccnc(-n2nnc3c2CCN(C(=O)c2cccc(C(F)(F)F)c2Cl)C3C)n1.Cc1cncc(-n2nnc3c2CCN(C(=O)c2cccc(C(F)(F)F)c2Cl)C3C)n1. The molecule has 0 saturated carbocycles. The monoisotopic (exact) mass is 1750 g/mol. The molecule has 12 aromatic rings. The highest BCUT2D eigenvalue weighted by Crippen LogP contribution is 2.44. The minimum Gasteiger partial charge on any atom is -0.431 e. The first kappa shape index (κ1) is 86.0.